The maximum absolute atomic E-state index is 9.44. The summed E-state index contributed by atoms with van der Waals surface area (Å²) in [6, 6.07) is 0. The molecule has 98 valence electrons. The Balaban J connectivity index is 4.04. The lowest BCUT2D eigenvalue weighted by molar-refractivity contribution is -0.0120. The number of ether oxygens (including phenoxy) is 1. The van der Waals surface area contributed by atoms with Crippen LogP contribution in [0.1, 0.15) is 47.5 Å². The van der Waals surface area contributed by atoms with Gasteiger partial charge in [0.25, 0.3) is 0 Å². The van der Waals surface area contributed by atoms with E-state index in [1.54, 1.807) is 0 Å². The van der Waals surface area contributed by atoms with Gasteiger partial charge in [0, 0.05) is 31.7 Å². The smallest absolute Gasteiger partial charge is 0.0750 e. The fraction of sp³-hybridized carbons (Fsp3) is 1.00. The lowest BCUT2D eigenvalue weighted by Gasteiger charge is -2.32. The molecule has 0 spiro atoms. The average Bonchev–Trinajstić information content (AvgIpc) is 2.25. The molecule has 0 saturated carbocycles. The van der Waals surface area contributed by atoms with E-state index in [9.17, 15) is 5.11 Å². The second-order valence-corrected chi connectivity index (χ2v) is 5.16. The molecule has 0 rings (SSSR count). The van der Waals surface area contributed by atoms with Crippen LogP contribution >= 0.6 is 0 Å². The summed E-state index contributed by atoms with van der Waals surface area (Å²) >= 11 is 0. The van der Waals surface area contributed by atoms with Crippen molar-refractivity contribution in [3.05, 3.63) is 0 Å². The SMILES string of the molecule is CCOC(C)(C)CNCC(CC)(CC)CO. The van der Waals surface area contributed by atoms with Crippen LogP contribution in [0, 0.1) is 5.41 Å². The van der Waals surface area contributed by atoms with E-state index < -0.39 is 0 Å². The number of aliphatic hydroxyl groups excluding tert-OH is 1. The van der Waals surface area contributed by atoms with Gasteiger partial charge in [-0.25, -0.2) is 0 Å². The standard InChI is InChI=1S/C13H29NO2/c1-6-13(7-2,11-15)10-14-9-12(4,5)16-8-3/h14-15H,6-11H2,1-5H3. The van der Waals surface area contributed by atoms with Gasteiger partial charge in [-0.2, -0.15) is 0 Å². The van der Waals surface area contributed by atoms with Crippen molar-refractivity contribution >= 4 is 0 Å². The Bertz CT molecular complexity index is 169. The van der Waals surface area contributed by atoms with E-state index >= 15 is 0 Å². The maximum Gasteiger partial charge on any atom is 0.0750 e. The first-order valence-corrected chi connectivity index (χ1v) is 6.41. The maximum atomic E-state index is 9.44. The lowest BCUT2D eigenvalue weighted by atomic mass is 9.83. The summed E-state index contributed by atoms with van der Waals surface area (Å²) in [5.41, 5.74) is -0.0975. The topological polar surface area (TPSA) is 41.5 Å². The lowest BCUT2D eigenvalue weighted by Crippen LogP contribution is -2.43. The zero-order valence-corrected chi connectivity index (χ0v) is 11.6. The van der Waals surface area contributed by atoms with E-state index in [0.717, 1.165) is 32.5 Å². The van der Waals surface area contributed by atoms with E-state index in [2.05, 4.69) is 33.0 Å². The van der Waals surface area contributed by atoms with Crippen molar-refractivity contribution in [3.8, 4) is 0 Å². The summed E-state index contributed by atoms with van der Waals surface area (Å²) in [4.78, 5) is 0. The summed E-state index contributed by atoms with van der Waals surface area (Å²) in [6.07, 6.45) is 2.00. The highest BCUT2D eigenvalue weighted by Gasteiger charge is 2.26. The molecule has 0 unspecified atom stereocenters. The van der Waals surface area contributed by atoms with Gasteiger partial charge < -0.3 is 15.2 Å². The molecule has 3 nitrogen and oxygen atoms in total. The number of hydrogen-bond acceptors (Lipinski definition) is 3. The number of rotatable bonds is 9. The summed E-state index contributed by atoms with van der Waals surface area (Å²) in [5.74, 6) is 0. The molecule has 0 aromatic carbocycles. The zero-order chi connectivity index (χ0) is 12.7. The van der Waals surface area contributed by atoms with Gasteiger partial charge in [-0.3, -0.25) is 0 Å². The van der Waals surface area contributed by atoms with E-state index in [1.165, 1.54) is 0 Å². The fourth-order valence-electron chi connectivity index (χ4n) is 1.85. The summed E-state index contributed by atoms with van der Waals surface area (Å²) in [6.45, 7) is 13.1. The predicted molar refractivity (Wildman–Crippen MR) is 68.7 cm³/mol. The first kappa shape index (κ1) is 15.9. The molecular weight excluding hydrogens is 202 g/mol. The van der Waals surface area contributed by atoms with Crippen molar-refractivity contribution in [2.45, 2.75) is 53.1 Å². The zero-order valence-electron chi connectivity index (χ0n) is 11.6. The number of nitrogens with one attached hydrogen (secondary N) is 1. The van der Waals surface area contributed by atoms with Crippen LogP contribution in [-0.4, -0.2) is 37.0 Å². The first-order valence-electron chi connectivity index (χ1n) is 6.41. The molecular formula is C13H29NO2. The molecule has 0 bridgehead atoms. The van der Waals surface area contributed by atoms with E-state index in [0.29, 0.717) is 0 Å². The fourth-order valence-corrected chi connectivity index (χ4v) is 1.85. The van der Waals surface area contributed by atoms with Gasteiger partial charge in [-0.15, -0.1) is 0 Å². The van der Waals surface area contributed by atoms with Gasteiger partial charge in [0.2, 0.25) is 0 Å². The van der Waals surface area contributed by atoms with Crippen molar-refractivity contribution in [1.82, 2.24) is 5.32 Å². The average molecular weight is 231 g/mol. The Morgan fingerprint density at radius 2 is 1.62 bits per heavy atom. The highest BCUT2D eigenvalue weighted by Crippen LogP contribution is 2.24. The first-order chi connectivity index (χ1) is 7.45. The molecule has 0 amide bonds. The van der Waals surface area contributed by atoms with Crippen molar-refractivity contribution < 1.29 is 9.84 Å². The Morgan fingerprint density at radius 1 is 1.06 bits per heavy atom. The van der Waals surface area contributed by atoms with Gasteiger partial charge >= 0.3 is 0 Å². The molecule has 0 aliphatic carbocycles. The Kier molecular flexibility index (Phi) is 7.20. The second-order valence-electron chi connectivity index (χ2n) is 5.16. The quantitative estimate of drug-likeness (QED) is 0.639. The molecule has 16 heavy (non-hydrogen) atoms. The van der Waals surface area contributed by atoms with Gasteiger partial charge in [-0.05, 0) is 33.6 Å². The molecule has 0 heterocycles. The van der Waals surface area contributed by atoms with Crippen LogP contribution in [0.4, 0.5) is 0 Å². The Morgan fingerprint density at radius 3 is 2.00 bits per heavy atom. The molecule has 3 heteroatoms. The van der Waals surface area contributed by atoms with Crippen LogP contribution in [0.2, 0.25) is 0 Å². The number of hydrogen-bond donors (Lipinski definition) is 2. The van der Waals surface area contributed by atoms with Crippen LogP contribution in [0.5, 0.6) is 0 Å². The monoisotopic (exact) mass is 231 g/mol. The van der Waals surface area contributed by atoms with E-state index in [-0.39, 0.29) is 17.6 Å². The minimum Gasteiger partial charge on any atom is -0.396 e. The molecule has 0 atom stereocenters. The Hall–Kier alpha value is -0.120. The molecule has 0 saturated heterocycles. The van der Waals surface area contributed by atoms with Crippen LogP contribution in [-0.2, 0) is 4.74 Å². The summed E-state index contributed by atoms with van der Waals surface area (Å²) in [5, 5.41) is 12.9. The summed E-state index contributed by atoms with van der Waals surface area (Å²) in [7, 11) is 0. The predicted octanol–water partition coefficient (Wildman–Crippen LogP) is 2.19. The van der Waals surface area contributed by atoms with Gasteiger partial charge in [-0.1, -0.05) is 13.8 Å². The largest absolute Gasteiger partial charge is 0.396 e. The molecule has 0 aliphatic heterocycles. The Labute approximate surface area is 101 Å². The molecule has 0 aromatic rings. The summed E-state index contributed by atoms with van der Waals surface area (Å²) < 4.78 is 5.62. The van der Waals surface area contributed by atoms with Crippen molar-refractivity contribution in [1.29, 1.82) is 0 Å². The van der Waals surface area contributed by atoms with Crippen LogP contribution < -0.4 is 5.32 Å². The third-order valence-corrected chi connectivity index (χ3v) is 3.42. The molecule has 0 radical (unpaired) electrons. The van der Waals surface area contributed by atoms with E-state index in [1.807, 2.05) is 6.92 Å². The van der Waals surface area contributed by atoms with Crippen molar-refractivity contribution in [2.24, 2.45) is 5.41 Å². The van der Waals surface area contributed by atoms with E-state index in [4.69, 9.17) is 4.74 Å². The highest BCUT2D eigenvalue weighted by molar-refractivity contribution is 4.80. The van der Waals surface area contributed by atoms with Crippen molar-refractivity contribution in [3.63, 3.8) is 0 Å². The van der Waals surface area contributed by atoms with Crippen LogP contribution in [0.3, 0.4) is 0 Å². The number of aliphatic hydroxyl groups is 1. The van der Waals surface area contributed by atoms with Crippen LogP contribution in [0.15, 0.2) is 0 Å². The van der Waals surface area contributed by atoms with Crippen LogP contribution in [0.25, 0.3) is 0 Å². The molecule has 0 aliphatic rings. The molecule has 2 N–H and O–H groups in total. The van der Waals surface area contributed by atoms with Gasteiger partial charge in [0.15, 0.2) is 0 Å². The normalized spacial score (nSPS) is 13.1. The minimum absolute atomic E-state index is 0.0301. The third-order valence-electron chi connectivity index (χ3n) is 3.42. The minimum atomic E-state index is -0.128. The van der Waals surface area contributed by atoms with Gasteiger partial charge in [0.1, 0.15) is 0 Å². The highest BCUT2D eigenvalue weighted by atomic mass is 16.5. The second kappa shape index (κ2) is 7.25. The molecule has 0 aromatic heterocycles. The van der Waals surface area contributed by atoms with Crippen molar-refractivity contribution in [2.75, 3.05) is 26.3 Å². The molecule has 0 fully saturated rings. The van der Waals surface area contributed by atoms with Gasteiger partial charge in [0.05, 0.1) is 5.60 Å². The third kappa shape index (κ3) is 5.28.